The number of hydrogen-bond acceptors (Lipinski definition) is 3. The molecule has 0 spiro atoms. The summed E-state index contributed by atoms with van der Waals surface area (Å²) in [4.78, 5) is 0. The highest BCUT2D eigenvalue weighted by Crippen LogP contribution is 2.37. The van der Waals surface area contributed by atoms with E-state index in [1.165, 1.54) is 93.8 Å². The zero-order chi connectivity index (χ0) is 21.2. The number of aryl methyl sites for hydroxylation is 1. The molecule has 29 heavy (non-hydrogen) atoms. The van der Waals surface area contributed by atoms with Gasteiger partial charge < -0.3 is 9.31 Å². The quantitative estimate of drug-likeness (QED) is 0.214. The topological polar surface area (TPSA) is 18.5 Å². The summed E-state index contributed by atoms with van der Waals surface area (Å²) in [6, 6.07) is 2.27. The second kappa shape index (κ2) is 12.5. The van der Waals surface area contributed by atoms with Gasteiger partial charge >= 0.3 is 7.12 Å². The predicted octanol–water partition coefficient (Wildman–Crippen LogP) is 7.68. The Hall–Kier alpha value is -0.315. The lowest BCUT2D eigenvalue weighted by Crippen LogP contribution is -2.41. The van der Waals surface area contributed by atoms with Crippen LogP contribution in [0.3, 0.4) is 0 Å². The second-order valence-corrected chi connectivity index (χ2v) is 10.8. The van der Waals surface area contributed by atoms with E-state index in [2.05, 4.69) is 46.1 Å². The smallest absolute Gasteiger partial charge is 0.399 e. The summed E-state index contributed by atoms with van der Waals surface area (Å²) in [6.45, 7) is 10.8. The minimum absolute atomic E-state index is 0.197. The highest BCUT2D eigenvalue weighted by molar-refractivity contribution is 7.21. The van der Waals surface area contributed by atoms with Gasteiger partial charge in [0, 0.05) is 4.78 Å². The highest BCUT2D eigenvalue weighted by Gasteiger charge is 2.52. The van der Waals surface area contributed by atoms with Crippen LogP contribution < -0.4 is 4.78 Å². The predicted molar refractivity (Wildman–Crippen MR) is 129 cm³/mol. The molecule has 1 aliphatic heterocycles. The zero-order valence-electron chi connectivity index (χ0n) is 19.9. The summed E-state index contributed by atoms with van der Waals surface area (Å²) < 4.78 is 13.8. The van der Waals surface area contributed by atoms with Gasteiger partial charge in [-0.05, 0) is 57.5 Å². The molecule has 0 N–H and O–H groups in total. The van der Waals surface area contributed by atoms with Gasteiger partial charge in [0.1, 0.15) is 0 Å². The highest BCUT2D eigenvalue weighted by atomic mass is 32.1. The minimum atomic E-state index is -0.256. The monoisotopic (exact) mass is 420 g/mol. The molecule has 4 heteroatoms. The first-order valence-electron chi connectivity index (χ1n) is 12.3. The van der Waals surface area contributed by atoms with Crippen LogP contribution >= 0.6 is 11.3 Å². The SMILES string of the molecule is CCCCCCCCCCCCCCCc1ccsc1B1OC(C)(C)C(C)(C)O1. The molecule has 1 fully saturated rings. The van der Waals surface area contributed by atoms with E-state index in [9.17, 15) is 0 Å². The fourth-order valence-electron chi connectivity index (χ4n) is 4.04. The molecule has 0 radical (unpaired) electrons. The fraction of sp³-hybridized carbons (Fsp3) is 0.840. The van der Waals surface area contributed by atoms with Crippen LogP contribution in [0.4, 0.5) is 0 Å². The molecule has 0 amide bonds. The number of rotatable bonds is 15. The van der Waals surface area contributed by atoms with Gasteiger partial charge in [-0.15, -0.1) is 0 Å². The lowest BCUT2D eigenvalue weighted by atomic mass is 9.83. The first-order valence-corrected chi connectivity index (χ1v) is 13.2. The van der Waals surface area contributed by atoms with E-state index >= 15 is 0 Å². The van der Waals surface area contributed by atoms with Gasteiger partial charge in [0.2, 0.25) is 0 Å². The Morgan fingerprint density at radius 3 is 1.66 bits per heavy atom. The van der Waals surface area contributed by atoms with Crippen molar-refractivity contribution in [3.63, 3.8) is 0 Å². The Morgan fingerprint density at radius 1 is 0.724 bits per heavy atom. The van der Waals surface area contributed by atoms with Gasteiger partial charge in [-0.3, -0.25) is 0 Å². The average molecular weight is 421 g/mol. The lowest BCUT2D eigenvalue weighted by Gasteiger charge is -2.32. The van der Waals surface area contributed by atoms with E-state index in [-0.39, 0.29) is 18.3 Å². The summed E-state index contributed by atoms with van der Waals surface area (Å²) in [5, 5.41) is 2.19. The van der Waals surface area contributed by atoms with Crippen LogP contribution in [0.1, 0.15) is 124 Å². The number of unbranched alkanes of at least 4 members (excludes halogenated alkanes) is 12. The second-order valence-electron chi connectivity index (χ2n) is 9.89. The molecule has 0 unspecified atom stereocenters. The van der Waals surface area contributed by atoms with Crippen molar-refractivity contribution in [1.82, 2.24) is 0 Å². The van der Waals surface area contributed by atoms with E-state index in [4.69, 9.17) is 9.31 Å². The third kappa shape index (κ3) is 8.03. The summed E-state index contributed by atoms with van der Waals surface area (Å²) in [6.07, 6.45) is 19.4. The van der Waals surface area contributed by atoms with E-state index in [1.54, 1.807) is 11.3 Å². The van der Waals surface area contributed by atoms with E-state index in [0.717, 1.165) is 6.42 Å². The molecule has 1 aromatic rings. The van der Waals surface area contributed by atoms with Gasteiger partial charge in [0.25, 0.3) is 0 Å². The molecule has 2 rings (SSSR count). The minimum Gasteiger partial charge on any atom is -0.399 e. The van der Waals surface area contributed by atoms with E-state index in [1.807, 2.05) is 0 Å². The maximum Gasteiger partial charge on any atom is 0.505 e. The van der Waals surface area contributed by atoms with Crippen molar-refractivity contribution in [3.8, 4) is 0 Å². The molecule has 1 aliphatic rings. The molecule has 0 saturated carbocycles. The molecule has 2 heterocycles. The molecule has 0 aliphatic carbocycles. The molecule has 1 saturated heterocycles. The molecular weight excluding hydrogens is 375 g/mol. The summed E-state index contributed by atoms with van der Waals surface area (Å²) in [7, 11) is -0.197. The Morgan fingerprint density at radius 2 is 1.17 bits per heavy atom. The van der Waals surface area contributed by atoms with Crippen LogP contribution in [0, 0.1) is 0 Å². The van der Waals surface area contributed by atoms with Crippen molar-refractivity contribution < 1.29 is 9.31 Å². The van der Waals surface area contributed by atoms with Gasteiger partial charge in [-0.25, -0.2) is 0 Å². The van der Waals surface area contributed by atoms with Crippen molar-refractivity contribution in [2.24, 2.45) is 0 Å². The third-order valence-electron chi connectivity index (χ3n) is 6.80. The number of hydrogen-bond donors (Lipinski definition) is 0. The van der Waals surface area contributed by atoms with Crippen molar-refractivity contribution in [2.75, 3.05) is 0 Å². The third-order valence-corrected chi connectivity index (χ3v) is 7.78. The Bertz CT molecular complexity index is 551. The van der Waals surface area contributed by atoms with Crippen LogP contribution in [-0.2, 0) is 15.7 Å². The van der Waals surface area contributed by atoms with Crippen LogP contribution in [0.15, 0.2) is 11.4 Å². The van der Waals surface area contributed by atoms with Crippen molar-refractivity contribution in [3.05, 3.63) is 17.0 Å². The van der Waals surface area contributed by atoms with Gasteiger partial charge in [0.05, 0.1) is 11.2 Å². The zero-order valence-corrected chi connectivity index (χ0v) is 20.7. The molecular formula is C25H45BO2S. The Labute approximate surface area is 185 Å². The van der Waals surface area contributed by atoms with Gasteiger partial charge in [-0.2, -0.15) is 11.3 Å². The first kappa shape index (κ1) is 24.9. The Balaban J connectivity index is 1.54. The molecule has 2 nitrogen and oxygen atoms in total. The van der Waals surface area contributed by atoms with Crippen molar-refractivity contribution >= 4 is 23.2 Å². The molecule has 0 atom stereocenters. The number of thiophene rings is 1. The summed E-state index contributed by atoms with van der Waals surface area (Å²) in [5.74, 6) is 0. The van der Waals surface area contributed by atoms with Gasteiger partial charge in [-0.1, -0.05) is 84.0 Å². The lowest BCUT2D eigenvalue weighted by molar-refractivity contribution is 0.00578. The maximum absolute atomic E-state index is 6.26. The average Bonchev–Trinajstić information content (AvgIpc) is 3.20. The Kier molecular flexibility index (Phi) is 10.8. The van der Waals surface area contributed by atoms with Crippen molar-refractivity contribution in [1.29, 1.82) is 0 Å². The first-order chi connectivity index (χ1) is 13.9. The van der Waals surface area contributed by atoms with E-state index in [0.29, 0.717) is 0 Å². The van der Waals surface area contributed by atoms with Crippen LogP contribution in [0.2, 0.25) is 0 Å². The van der Waals surface area contributed by atoms with Gasteiger partial charge in [0.15, 0.2) is 0 Å². The van der Waals surface area contributed by atoms with Crippen LogP contribution in [0.25, 0.3) is 0 Å². The molecule has 1 aromatic heterocycles. The summed E-state index contributed by atoms with van der Waals surface area (Å²) in [5.41, 5.74) is 0.916. The molecule has 166 valence electrons. The summed E-state index contributed by atoms with van der Waals surface area (Å²) >= 11 is 1.78. The standard InChI is InChI=1S/C25H45BO2S/c1-6-7-8-9-10-11-12-13-14-15-16-17-18-19-22-20-21-29-23(22)26-27-24(2,3)25(4,5)28-26/h20-21H,6-19H2,1-5H3. The van der Waals surface area contributed by atoms with Crippen LogP contribution in [0.5, 0.6) is 0 Å². The largest absolute Gasteiger partial charge is 0.505 e. The maximum atomic E-state index is 6.26. The van der Waals surface area contributed by atoms with E-state index < -0.39 is 0 Å². The molecule has 0 aromatic carbocycles. The molecule has 0 bridgehead atoms. The van der Waals surface area contributed by atoms with Crippen molar-refractivity contribution in [2.45, 2.75) is 136 Å². The fourth-order valence-corrected chi connectivity index (χ4v) is 4.95. The van der Waals surface area contributed by atoms with Crippen LogP contribution in [-0.4, -0.2) is 18.3 Å². The normalized spacial score (nSPS) is 17.9.